The molecule has 2 aliphatic heterocycles. The quantitative estimate of drug-likeness (QED) is 0.160. The lowest BCUT2D eigenvalue weighted by atomic mass is 9.33. The van der Waals surface area contributed by atoms with Gasteiger partial charge in [0.25, 0.3) is 6.71 Å². The molecule has 1 aromatic heterocycles. The highest BCUT2D eigenvalue weighted by Gasteiger charge is 2.43. The molecule has 2 aliphatic rings. The highest BCUT2D eigenvalue weighted by Crippen LogP contribution is 2.47. The summed E-state index contributed by atoms with van der Waals surface area (Å²) in [5.74, 6) is 1.80. The minimum absolute atomic E-state index is 0.00866. The number of hydrogen-bond donors (Lipinski definition) is 0. The van der Waals surface area contributed by atoms with Crippen molar-refractivity contribution in [1.82, 2.24) is 4.57 Å². The first-order valence-electron chi connectivity index (χ1n) is 28.3. The predicted molar refractivity (Wildman–Crippen MR) is 336 cm³/mol. The van der Waals surface area contributed by atoms with E-state index in [1.54, 1.807) is 0 Å². The summed E-state index contributed by atoms with van der Waals surface area (Å²) in [4.78, 5) is 2.52. The maximum Gasteiger partial charge on any atom is 0.256 e. The molecule has 0 atom stereocenters. The number of fused-ring (bicyclic) bond motifs is 7. The Hall–Kier alpha value is -7.56. The molecule has 0 bridgehead atoms. The molecule has 0 amide bonds. The van der Waals surface area contributed by atoms with Crippen molar-refractivity contribution >= 4 is 62.0 Å². The Morgan fingerprint density at radius 3 is 1.40 bits per heavy atom. The molecule has 12 rings (SSSR count). The second kappa shape index (κ2) is 18.0. The third kappa shape index (κ3) is 8.86. The van der Waals surface area contributed by atoms with E-state index in [1.807, 2.05) is 0 Å². The molecule has 0 spiro atoms. The van der Waals surface area contributed by atoms with Crippen LogP contribution in [0.5, 0.6) is 11.5 Å². The lowest BCUT2D eigenvalue weighted by Gasteiger charge is -2.41. The zero-order chi connectivity index (χ0) is 55.0. The van der Waals surface area contributed by atoms with Crippen molar-refractivity contribution in [1.29, 1.82) is 0 Å². The van der Waals surface area contributed by atoms with Gasteiger partial charge in [-0.3, -0.25) is 0 Å². The number of anilines is 3. The number of aromatic nitrogens is 1. The van der Waals surface area contributed by atoms with Gasteiger partial charge in [-0.1, -0.05) is 225 Å². The standard InChI is InChI=1S/C74H75BN2O/c1-70(2,3)51-27-23-46(24-28-51)48-39-49(47-25-29-52(30-26-47)71(4,5)6)41-50(40-48)58-20-18-21-60-59-19-16-17-22-63(59)77(69(58)60)57-44-65-68-67(45-57)78-66-38-34-55(74(13,14)15)43-62(66)75(68)61-42-54(73(10,11)12)33-37-64(61)76(65)56-35-31-53(32-36-56)72(7,8)9/h16-45H,1-15H3. The van der Waals surface area contributed by atoms with Crippen molar-refractivity contribution in [3.05, 3.63) is 210 Å². The van der Waals surface area contributed by atoms with Crippen molar-refractivity contribution in [3.63, 3.8) is 0 Å². The number of rotatable bonds is 5. The smallest absolute Gasteiger partial charge is 0.256 e. The summed E-state index contributed by atoms with van der Waals surface area (Å²) < 4.78 is 9.90. The molecule has 10 aromatic rings. The molecule has 0 N–H and O–H groups in total. The van der Waals surface area contributed by atoms with Crippen LogP contribution in [0.2, 0.25) is 0 Å². The van der Waals surface area contributed by atoms with E-state index in [1.165, 1.54) is 94.0 Å². The minimum atomic E-state index is -0.0534. The van der Waals surface area contributed by atoms with Crippen LogP contribution < -0.4 is 26.0 Å². The monoisotopic (exact) mass is 1020 g/mol. The predicted octanol–water partition coefficient (Wildman–Crippen LogP) is 18.7. The van der Waals surface area contributed by atoms with Crippen LogP contribution in [0.15, 0.2) is 182 Å². The van der Waals surface area contributed by atoms with Gasteiger partial charge in [0, 0.05) is 39.5 Å². The first kappa shape index (κ1) is 51.2. The maximum atomic E-state index is 7.38. The van der Waals surface area contributed by atoms with Crippen molar-refractivity contribution in [2.45, 2.75) is 131 Å². The molecule has 390 valence electrons. The molecular formula is C74H75BN2O. The molecule has 4 heteroatoms. The summed E-state index contributed by atoms with van der Waals surface area (Å²) in [5.41, 5.74) is 24.2. The van der Waals surface area contributed by atoms with E-state index in [2.05, 4.69) is 295 Å². The maximum absolute atomic E-state index is 7.38. The first-order chi connectivity index (χ1) is 36.8. The van der Waals surface area contributed by atoms with E-state index in [-0.39, 0.29) is 33.8 Å². The van der Waals surface area contributed by atoms with E-state index in [0.29, 0.717) is 0 Å². The van der Waals surface area contributed by atoms with Gasteiger partial charge in [-0.2, -0.15) is 0 Å². The third-order valence-corrected chi connectivity index (χ3v) is 16.8. The molecule has 9 aromatic carbocycles. The first-order valence-corrected chi connectivity index (χ1v) is 28.3. The van der Waals surface area contributed by atoms with E-state index in [0.717, 1.165) is 39.6 Å². The molecule has 0 saturated carbocycles. The molecular weight excluding hydrogens is 944 g/mol. The Labute approximate surface area is 465 Å². The van der Waals surface area contributed by atoms with Crippen molar-refractivity contribution in [2.75, 3.05) is 4.90 Å². The second-order valence-corrected chi connectivity index (χ2v) is 27.6. The molecule has 78 heavy (non-hydrogen) atoms. The fourth-order valence-corrected chi connectivity index (χ4v) is 12.2. The third-order valence-electron chi connectivity index (χ3n) is 16.8. The zero-order valence-electron chi connectivity index (χ0n) is 48.7. The number of ether oxygens (including phenoxy) is 1. The van der Waals surface area contributed by atoms with Gasteiger partial charge in [-0.25, -0.2) is 0 Å². The van der Waals surface area contributed by atoms with Crippen LogP contribution in [0.1, 0.15) is 132 Å². The van der Waals surface area contributed by atoms with Crippen LogP contribution in [-0.4, -0.2) is 11.3 Å². The fourth-order valence-electron chi connectivity index (χ4n) is 12.2. The van der Waals surface area contributed by atoms with Gasteiger partial charge in [0.1, 0.15) is 11.5 Å². The Kier molecular flexibility index (Phi) is 11.8. The minimum Gasteiger partial charge on any atom is -0.458 e. The van der Waals surface area contributed by atoms with Crippen LogP contribution in [0.25, 0.3) is 60.9 Å². The topological polar surface area (TPSA) is 17.4 Å². The summed E-state index contributed by atoms with van der Waals surface area (Å²) >= 11 is 0. The number of hydrogen-bond acceptors (Lipinski definition) is 2. The van der Waals surface area contributed by atoms with Gasteiger partial charge in [-0.15, -0.1) is 0 Å². The van der Waals surface area contributed by atoms with Crippen molar-refractivity contribution < 1.29 is 4.74 Å². The molecule has 3 nitrogen and oxygen atoms in total. The largest absolute Gasteiger partial charge is 0.458 e. The average Bonchev–Trinajstić information content (AvgIpc) is 3.70. The van der Waals surface area contributed by atoms with Gasteiger partial charge >= 0.3 is 0 Å². The van der Waals surface area contributed by atoms with Crippen molar-refractivity contribution in [2.24, 2.45) is 0 Å². The van der Waals surface area contributed by atoms with E-state index in [4.69, 9.17) is 4.74 Å². The van der Waals surface area contributed by atoms with Gasteiger partial charge in [0.2, 0.25) is 0 Å². The average molecular weight is 1020 g/mol. The van der Waals surface area contributed by atoms with E-state index >= 15 is 0 Å². The molecule has 0 aliphatic carbocycles. The Morgan fingerprint density at radius 1 is 0.346 bits per heavy atom. The summed E-state index contributed by atoms with van der Waals surface area (Å²) in [6.45, 7) is 34.5. The van der Waals surface area contributed by atoms with Crippen LogP contribution in [0.3, 0.4) is 0 Å². The molecule has 0 unspecified atom stereocenters. The number of nitrogens with zero attached hydrogens (tertiary/aromatic N) is 2. The van der Waals surface area contributed by atoms with E-state index in [9.17, 15) is 0 Å². The highest BCUT2D eigenvalue weighted by molar-refractivity contribution is 6.99. The van der Waals surface area contributed by atoms with Crippen LogP contribution in [0.4, 0.5) is 17.1 Å². The molecule has 0 radical (unpaired) electrons. The molecule has 0 saturated heterocycles. The SMILES string of the molecule is CC(C)(C)c1ccc(-c2cc(-c3ccc(C(C)(C)C)cc3)cc(-c3cccc4c5ccccc5n(-c5cc6c7c(c5)N(c5ccc(C(C)(C)C)cc5)c5ccc(C(C)(C)C)cc5B7c5cc(C(C)(C)C)ccc5O6)c34)c2)cc1. The summed E-state index contributed by atoms with van der Waals surface area (Å²) in [5, 5.41) is 2.42. The second-order valence-electron chi connectivity index (χ2n) is 27.6. The summed E-state index contributed by atoms with van der Waals surface area (Å²) in [6, 6.07) is 69.8. The van der Waals surface area contributed by atoms with E-state index < -0.39 is 0 Å². The van der Waals surface area contributed by atoms with Gasteiger partial charge in [0.05, 0.1) is 16.7 Å². The van der Waals surface area contributed by atoms with Crippen LogP contribution in [-0.2, 0) is 27.1 Å². The molecule has 3 heterocycles. The Balaban J connectivity index is 1.14. The lowest BCUT2D eigenvalue weighted by Crippen LogP contribution is -2.60. The number of para-hydroxylation sites is 2. The highest BCUT2D eigenvalue weighted by atomic mass is 16.5. The number of benzene rings is 9. The van der Waals surface area contributed by atoms with Crippen LogP contribution in [0, 0.1) is 0 Å². The zero-order valence-corrected chi connectivity index (χ0v) is 48.7. The fraction of sp³-hybridized carbons (Fsp3) is 0.270. The van der Waals surface area contributed by atoms with Crippen molar-refractivity contribution in [3.8, 4) is 50.6 Å². The van der Waals surface area contributed by atoms with Gasteiger partial charge in [0.15, 0.2) is 0 Å². The van der Waals surface area contributed by atoms with Gasteiger partial charge in [-0.05, 0) is 154 Å². The molecule has 0 fully saturated rings. The Bertz CT molecular complexity index is 3910. The Morgan fingerprint density at radius 2 is 0.833 bits per heavy atom. The lowest BCUT2D eigenvalue weighted by molar-refractivity contribution is 0.486. The summed E-state index contributed by atoms with van der Waals surface area (Å²) in [7, 11) is 0. The normalized spacial score (nSPS) is 13.6. The van der Waals surface area contributed by atoms with Crippen LogP contribution >= 0.6 is 0 Å². The summed E-state index contributed by atoms with van der Waals surface area (Å²) in [6.07, 6.45) is 0. The van der Waals surface area contributed by atoms with Gasteiger partial charge < -0.3 is 14.2 Å².